The van der Waals surface area contributed by atoms with Crippen molar-refractivity contribution in [2.24, 2.45) is 0 Å². The van der Waals surface area contributed by atoms with Gasteiger partial charge >= 0.3 is 0 Å². The number of aromatic amines is 1. The van der Waals surface area contributed by atoms with Gasteiger partial charge < -0.3 is 10.1 Å². The fraction of sp³-hybridized carbons (Fsp3) is 0.320. The molecule has 0 amide bonds. The number of halogens is 3. The lowest BCUT2D eigenvalue weighted by Crippen LogP contribution is -2.22. The van der Waals surface area contributed by atoms with Crippen molar-refractivity contribution in [1.82, 2.24) is 19.7 Å². The van der Waals surface area contributed by atoms with Crippen LogP contribution in [0.5, 0.6) is 0 Å². The molecule has 3 heterocycles. The van der Waals surface area contributed by atoms with Crippen molar-refractivity contribution in [1.29, 1.82) is 5.26 Å². The van der Waals surface area contributed by atoms with Gasteiger partial charge in [0.05, 0.1) is 29.4 Å². The SMILES string of the molecule is Cc1c(-c2cnc3[nH]cc(C(C#N)c4c(Cl)ccc(F)c4Cl)c3c2)cnn1[C@H]1CC[C@H](O)CC1. The molecule has 174 valence electrons. The summed E-state index contributed by atoms with van der Waals surface area (Å²) in [7, 11) is 0. The minimum atomic E-state index is -0.876. The normalized spacial score (nSPS) is 19.3. The van der Waals surface area contributed by atoms with E-state index in [2.05, 4.69) is 21.1 Å². The van der Waals surface area contributed by atoms with Crippen LogP contribution in [0.15, 0.2) is 36.8 Å². The molecule has 0 radical (unpaired) electrons. The number of H-pyrrole nitrogens is 1. The number of aliphatic hydroxyl groups excluding tert-OH is 1. The Labute approximate surface area is 206 Å². The van der Waals surface area contributed by atoms with Crippen LogP contribution in [0, 0.1) is 24.1 Å². The molecule has 0 aliphatic heterocycles. The van der Waals surface area contributed by atoms with E-state index in [4.69, 9.17) is 23.2 Å². The molecular weight excluding hydrogens is 476 g/mol. The lowest BCUT2D eigenvalue weighted by atomic mass is 9.91. The quantitative estimate of drug-likeness (QED) is 0.323. The Morgan fingerprint density at radius 2 is 2.00 bits per heavy atom. The molecule has 1 unspecified atom stereocenters. The molecule has 0 spiro atoms. The summed E-state index contributed by atoms with van der Waals surface area (Å²) < 4.78 is 16.2. The molecule has 6 nitrogen and oxygen atoms in total. The van der Waals surface area contributed by atoms with E-state index in [9.17, 15) is 14.8 Å². The van der Waals surface area contributed by atoms with Gasteiger partial charge in [-0.2, -0.15) is 10.4 Å². The smallest absolute Gasteiger partial charge is 0.142 e. The van der Waals surface area contributed by atoms with E-state index in [0.29, 0.717) is 11.2 Å². The maximum absolute atomic E-state index is 14.2. The first-order valence-corrected chi connectivity index (χ1v) is 11.9. The average Bonchev–Trinajstić information content (AvgIpc) is 3.43. The molecule has 0 saturated heterocycles. The third-order valence-corrected chi connectivity index (χ3v) is 7.45. The Morgan fingerprint density at radius 3 is 2.74 bits per heavy atom. The lowest BCUT2D eigenvalue weighted by Gasteiger charge is -2.26. The summed E-state index contributed by atoms with van der Waals surface area (Å²) in [6, 6.07) is 7.03. The van der Waals surface area contributed by atoms with Crippen LogP contribution in [-0.4, -0.2) is 31.0 Å². The molecule has 34 heavy (non-hydrogen) atoms. The second kappa shape index (κ2) is 9.03. The zero-order valence-corrected chi connectivity index (χ0v) is 19.9. The van der Waals surface area contributed by atoms with E-state index >= 15 is 0 Å². The van der Waals surface area contributed by atoms with Gasteiger partial charge in [0.2, 0.25) is 0 Å². The van der Waals surface area contributed by atoms with Gasteiger partial charge in [0, 0.05) is 50.8 Å². The summed E-state index contributed by atoms with van der Waals surface area (Å²) in [4.78, 5) is 7.64. The van der Waals surface area contributed by atoms with Crippen molar-refractivity contribution in [3.8, 4) is 17.2 Å². The molecule has 1 aliphatic carbocycles. The number of rotatable bonds is 4. The molecule has 4 aromatic rings. The van der Waals surface area contributed by atoms with E-state index in [1.165, 1.54) is 12.1 Å². The van der Waals surface area contributed by atoms with Crippen LogP contribution in [0.4, 0.5) is 4.39 Å². The van der Waals surface area contributed by atoms with Crippen LogP contribution in [-0.2, 0) is 0 Å². The zero-order chi connectivity index (χ0) is 24.0. The van der Waals surface area contributed by atoms with Crippen molar-refractivity contribution in [2.45, 2.75) is 50.7 Å². The Kier molecular flexibility index (Phi) is 6.07. The van der Waals surface area contributed by atoms with E-state index in [1.807, 2.05) is 23.9 Å². The van der Waals surface area contributed by atoms with E-state index in [-0.39, 0.29) is 27.8 Å². The van der Waals surface area contributed by atoms with Gasteiger partial charge in [-0.1, -0.05) is 23.2 Å². The van der Waals surface area contributed by atoms with Gasteiger partial charge in [0.25, 0.3) is 0 Å². The van der Waals surface area contributed by atoms with Crippen LogP contribution < -0.4 is 0 Å². The number of fused-ring (bicyclic) bond motifs is 1. The number of nitrogens with zero attached hydrogens (tertiary/aromatic N) is 4. The van der Waals surface area contributed by atoms with E-state index < -0.39 is 11.7 Å². The zero-order valence-electron chi connectivity index (χ0n) is 18.4. The Morgan fingerprint density at radius 1 is 1.24 bits per heavy atom. The summed E-state index contributed by atoms with van der Waals surface area (Å²) in [5, 5.41) is 25.3. The molecule has 2 N–H and O–H groups in total. The van der Waals surface area contributed by atoms with Gasteiger partial charge in [-0.3, -0.25) is 4.68 Å². The number of aliphatic hydroxyl groups is 1. The van der Waals surface area contributed by atoms with Gasteiger partial charge in [0.15, 0.2) is 0 Å². The standard InChI is InChI=1S/C25H22Cl2FN5O/c1-13-19(12-32-33(13)15-2-4-16(34)5-3-15)14-8-17-20(11-31-25(17)30-10-14)18(9-29)23-21(26)6-7-22(28)24(23)27/h6-8,10-12,15-16,18,34H,2-5H2,1H3,(H,30,31)/t15-,16-,18?. The maximum atomic E-state index is 14.2. The summed E-state index contributed by atoms with van der Waals surface area (Å²) in [5.41, 5.74) is 4.29. The largest absolute Gasteiger partial charge is 0.393 e. The average molecular weight is 498 g/mol. The highest BCUT2D eigenvalue weighted by molar-refractivity contribution is 6.36. The summed E-state index contributed by atoms with van der Waals surface area (Å²) >= 11 is 12.5. The van der Waals surface area contributed by atoms with Crippen molar-refractivity contribution in [3.63, 3.8) is 0 Å². The first-order valence-electron chi connectivity index (χ1n) is 11.1. The number of nitriles is 1. The third kappa shape index (κ3) is 3.86. The molecular formula is C25H22Cl2FN5O. The fourth-order valence-corrected chi connectivity index (χ4v) is 5.47. The van der Waals surface area contributed by atoms with Crippen molar-refractivity contribution >= 4 is 34.2 Å². The number of benzene rings is 1. The number of nitrogens with one attached hydrogen (secondary N) is 1. The van der Waals surface area contributed by atoms with Crippen molar-refractivity contribution in [3.05, 3.63) is 69.5 Å². The van der Waals surface area contributed by atoms with Gasteiger partial charge in [-0.05, 0) is 50.8 Å². The molecule has 1 atom stereocenters. The Balaban J connectivity index is 1.56. The molecule has 1 fully saturated rings. The number of pyridine rings is 1. The minimum absolute atomic E-state index is 0.160. The van der Waals surface area contributed by atoms with Gasteiger partial charge in [0.1, 0.15) is 17.4 Å². The van der Waals surface area contributed by atoms with E-state index in [0.717, 1.165) is 47.9 Å². The second-order valence-electron chi connectivity index (χ2n) is 8.73. The molecule has 5 rings (SSSR count). The fourth-order valence-electron chi connectivity index (χ4n) is 4.88. The number of hydrogen-bond donors (Lipinski definition) is 2. The maximum Gasteiger partial charge on any atom is 0.142 e. The predicted molar refractivity (Wildman–Crippen MR) is 129 cm³/mol. The molecule has 3 aromatic heterocycles. The highest BCUT2D eigenvalue weighted by Crippen LogP contribution is 2.40. The summed E-state index contributed by atoms with van der Waals surface area (Å²) in [5.74, 6) is -1.50. The molecule has 1 aromatic carbocycles. The predicted octanol–water partition coefficient (Wildman–Crippen LogP) is 6.31. The van der Waals surface area contributed by atoms with Crippen molar-refractivity contribution in [2.75, 3.05) is 0 Å². The molecule has 1 aliphatic rings. The van der Waals surface area contributed by atoms with Crippen LogP contribution >= 0.6 is 23.2 Å². The first-order chi connectivity index (χ1) is 16.4. The second-order valence-corrected chi connectivity index (χ2v) is 9.52. The van der Waals surface area contributed by atoms with Gasteiger partial charge in [-0.15, -0.1) is 0 Å². The molecule has 0 bridgehead atoms. The minimum Gasteiger partial charge on any atom is -0.393 e. The molecule has 1 saturated carbocycles. The number of hydrogen-bond acceptors (Lipinski definition) is 4. The Hall–Kier alpha value is -2.92. The van der Waals surface area contributed by atoms with Crippen LogP contribution in [0.3, 0.4) is 0 Å². The van der Waals surface area contributed by atoms with Gasteiger partial charge in [-0.25, -0.2) is 9.37 Å². The monoisotopic (exact) mass is 497 g/mol. The highest BCUT2D eigenvalue weighted by Gasteiger charge is 2.26. The van der Waals surface area contributed by atoms with Crippen LogP contribution in [0.25, 0.3) is 22.2 Å². The third-order valence-electron chi connectivity index (χ3n) is 6.74. The highest BCUT2D eigenvalue weighted by atomic mass is 35.5. The number of aromatic nitrogens is 4. The topological polar surface area (TPSA) is 90.5 Å². The van der Waals surface area contributed by atoms with Crippen LogP contribution in [0.2, 0.25) is 10.0 Å². The Bertz CT molecular complexity index is 1410. The summed E-state index contributed by atoms with van der Waals surface area (Å²) in [6.45, 7) is 2.03. The summed E-state index contributed by atoms with van der Waals surface area (Å²) in [6.07, 6.45) is 8.40. The van der Waals surface area contributed by atoms with E-state index in [1.54, 1.807) is 12.4 Å². The lowest BCUT2D eigenvalue weighted by molar-refractivity contribution is 0.107. The first kappa shape index (κ1) is 22.9. The van der Waals surface area contributed by atoms with Crippen molar-refractivity contribution < 1.29 is 9.50 Å². The molecule has 9 heteroatoms. The van der Waals surface area contributed by atoms with Crippen LogP contribution in [0.1, 0.15) is 54.5 Å².